The predicted molar refractivity (Wildman–Crippen MR) is 329 cm³/mol. The number of hydrogen-bond donors (Lipinski definition) is 0. The van der Waals surface area contributed by atoms with Crippen molar-refractivity contribution in [1.82, 2.24) is 0 Å². The first-order valence-electron chi connectivity index (χ1n) is 31.2. The Morgan fingerprint density at radius 2 is 0.513 bits per heavy atom. The number of unbranched alkanes of at least 4 members (excludes halogenated alkanes) is 22. The van der Waals surface area contributed by atoms with Crippen LogP contribution < -0.4 is 0 Å². The van der Waals surface area contributed by atoms with E-state index in [-0.39, 0.29) is 31.1 Å². The molecular formula is C70H114O6. The SMILES string of the molecule is CC/C=C\C/C=C\C/C=C\C/C=C\C/C=C\C/C=C\C/C=C\C/C=C\C/C=C\CCCCCCCCCC(=O)OCC(COC(=O)CCCCCCCCC)OC(=O)CCCCCCC/C=C\C/C=C\CCCCCC. The number of ether oxygens (including phenoxy) is 3. The van der Waals surface area contributed by atoms with E-state index in [9.17, 15) is 14.4 Å². The molecule has 0 aromatic rings. The summed E-state index contributed by atoms with van der Waals surface area (Å²) in [7, 11) is 0. The van der Waals surface area contributed by atoms with Gasteiger partial charge in [-0.3, -0.25) is 14.4 Å². The smallest absolute Gasteiger partial charge is 0.306 e. The van der Waals surface area contributed by atoms with Gasteiger partial charge >= 0.3 is 17.9 Å². The minimum atomic E-state index is -0.790. The van der Waals surface area contributed by atoms with Gasteiger partial charge in [-0.1, -0.05) is 264 Å². The van der Waals surface area contributed by atoms with Gasteiger partial charge in [0.25, 0.3) is 0 Å². The van der Waals surface area contributed by atoms with Gasteiger partial charge in [0.15, 0.2) is 6.10 Å². The second-order valence-corrected chi connectivity index (χ2v) is 20.2. The highest BCUT2D eigenvalue weighted by atomic mass is 16.6. The Kier molecular flexibility index (Phi) is 59.4. The van der Waals surface area contributed by atoms with Crippen molar-refractivity contribution in [2.24, 2.45) is 0 Å². The maximum absolute atomic E-state index is 12.8. The number of allylic oxidation sites excluding steroid dienone is 22. The zero-order valence-corrected chi connectivity index (χ0v) is 49.2. The van der Waals surface area contributed by atoms with Crippen LogP contribution in [0.25, 0.3) is 0 Å². The molecular weight excluding hydrogens is 937 g/mol. The van der Waals surface area contributed by atoms with Crippen molar-refractivity contribution in [2.75, 3.05) is 13.2 Å². The molecule has 0 saturated carbocycles. The average molecular weight is 1050 g/mol. The first-order chi connectivity index (χ1) is 37.5. The van der Waals surface area contributed by atoms with Gasteiger partial charge in [0.2, 0.25) is 0 Å². The highest BCUT2D eigenvalue weighted by molar-refractivity contribution is 5.71. The van der Waals surface area contributed by atoms with Crippen molar-refractivity contribution in [1.29, 1.82) is 0 Å². The second-order valence-electron chi connectivity index (χ2n) is 20.2. The zero-order valence-electron chi connectivity index (χ0n) is 49.2. The Morgan fingerprint density at radius 3 is 0.816 bits per heavy atom. The van der Waals surface area contributed by atoms with Crippen molar-refractivity contribution in [3.05, 3.63) is 134 Å². The van der Waals surface area contributed by atoms with Gasteiger partial charge in [-0.25, -0.2) is 0 Å². The van der Waals surface area contributed by atoms with Crippen molar-refractivity contribution in [3.63, 3.8) is 0 Å². The Hall–Kier alpha value is -4.45. The standard InChI is InChI=1S/C70H114O6/c1-4-7-10-13-16-18-20-22-24-26-27-28-29-30-31-32-33-34-35-36-37-38-39-40-41-42-43-44-46-47-49-51-54-57-60-63-69(72)75-66-67(65-74-68(71)62-59-56-53-15-12-9-6-3)76-70(73)64-61-58-55-52-50-48-45-25-23-21-19-17-14-11-8-5-2/h7,10,16,18-19,21-22,24-25,27-28,30-31,33-34,36-37,39-40,42-43,45,67H,4-6,8-9,11-15,17,20,23,26,29,32,35,38,41,44,46-66H2,1-3H3/b10-7-,18-16-,21-19-,24-22-,28-27-,31-30-,34-33-,37-36-,40-39-,43-42-,45-25-. The van der Waals surface area contributed by atoms with Crippen LogP contribution in [0.15, 0.2) is 134 Å². The Bertz CT molecular complexity index is 1630. The van der Waals surface area contributed by atoms with E-state index in [0.29, 0.717) is 19.3 Å². The molecule has 1 atom stereocenters. The van der Waals surface area contributed by atoms with E-state index >= 15 is 0 Å². The molecule has 0 heterocycles. The van der Waals surface area contributed by atoms with Crippen molar-refractivity contribution < 1.29 is 28.6 Å². The highest BCUT2D eigenvalue weighted by Crippen LogP contribution is 2.14. The molecule has 0 saturated heterocycles. The molecule has 0 bridgehead atoms. The third kappa shape index (κ3) is 60.4. The molecule has 0 radical (unpaired) electrons. The summed E-state index contributed by atoms with van der Waals surface area (Å²) in [6.45, 7) is 6.44. The number of hydrogen-bond acceptors (Lipinski definition) is 6. The molecule has 0 aliphatic carbocycles. The van der Waals surface area contributed by atoms with Gasteiger partial charge in [0.05, 0.1) is 0 Å². The first kappa shape index (κ1) is 71.5. The van der Waals surface area contributed by atoms with Gasteiger partial charge in [-0.15, -0.1) is 0 Å². The third-order valence-electron chi connectivity index (χ3n) is 12.9. The molecule has 6 heteroatoms. The fourth-order valence-electron chi connectivity index (χ4n) is 8.23. The van der Waals surface area contributed by atoms with Gasteiger partial charge < -0.3 is 14.2 Å². The number of carbonyl (C=O) groups excluding carboxylic acids is 3. The minimum absolute atomic E-state index is 0.0887. The summed E-state index contributed by atoms with van der Waals surface area (Å²) in [5.41, 5.74) is 0. The van der Waals surface area contributed by atoms with E-state index in [1.165, 1.54) is 83.5 Å². The monoisotopic (exact) mass is 1050 g/mol. The van der Waals surface area contributed by atoms with Crippen LogP contribution >= 0.6 is 0 Å². The van der Waals surface area contributed by atoms with E-state index in [1.807, 2.05) is 0 Å². The van der Waals surface area contributed by atoms with Gasteiger partial charge in [0, 0.05) is 19.3 Å². The number of esters is 3. The normalized spacial score (nSPS) is 13.0. The third-order valence-corrected chi connectivity index (χ3v) is 12.9. The summed E-state index contributed by atoms with van der Waals surface area (Å²) >= 11 is 0. The van der Waals surface area contributed by atoms with Gasteiger partial charge in [0.1, 0.15) is 13.2 Å². The molecule has 0 amide bonds. The van der Waals surface area contributed by atoms with Crippen molar-refractivity contribution in [3.8, 4) is 0 Å². The molecule has 1 unspecified atom stereocenters. The van der Waals surface area contributed by atoms with Crippen LogP contribution in [0.2, 0.25) is 0 Å². The topological polar surface area (TPSA) is 78.9 Å². The molecule has 430 valence electrons. The molecule has 0 aliphatic heterocycles. The lowest BCUT2D eigenvalue weighted by atomic mass is 10.1. The number of rotatable bonds is 55. The van der Waals surface area contributed by atoms with Gasteiger partial charge in [-0.2, -0.15) is 0 Å². The van der Waals surface area contributed by atoms with Crippen LogP contribution in [-0.2, 0) is 28.6 Å². The van der Waals surface area contributed by atoms with E-state index in [0.717, 1.165) is 148 Å². The van der Waals surface area contributed by atoms with Crippen LogP contribution in [0, 0.1) is 0 Å². The molecule has 76 heavy (non-hydrogen) atoms. The minimum Gasteiger partial charge on any atom is -0.462 e. The average Bonchev–Trinajstić information content (AvgIpc) is 3.42. The fourth-order valence-corrected chi connectivity index (χ4v) is 8.23. The maximum atomic E-state index is 12.8. The van der Waals surface area contributed by atoms with Gasteiger partial charge in [-0.05, 0) is 122 Å². The van der Waals surface area contributed by atoms with Crippen molar-refractivity contribution in [2.45, 2.75) is 277 Å². The summed E-state index contributed by atoms with van der Waals surface area (Å²) in [5, 5.41) is 0. The molecule has 0 fully saturated rings. The summed E-state index contributed by atoms with van der Waals surface area (Å²) in [6, 6.07) is 0. The van der Waals surface area contributed by atoms with E-state index in [1.54, 1.807) is 0 Å². The lowest BCUT2D eigenvalue weighted by Gasteiger charge is -2.18. The molecule has 6 nitrogen and oxygen atoms in total. The number of carbonyl (C=O) groups is 3. The Labute approximate surface area is 468 Å². The summed E-state index contributed by atoms with van der Waals surface area (Å²) in [4.78, 5) is 38.0. The lowest BCUT2D eigenvalue weighted by Crippen LogP contribution is -2.30. The quantitative estimate of drug-likeness (QED) is 0.0261. The first-order valence-corrected chi connectivity index (χ1v) is 31.2. The Balaban J connectivity index is 4.16. The molecule has 0 rings (SSSR count). The van der Waals surface area contributed by atoms with Crippen LogP contribution in [0.3, 0.4) is 0 Å². The molecule has 0 aromatic heterocycles. The van der Waals surface area contributed by atoms with E-state index in [4.69, 9.17) is 14.2 Å². The maximum Gasteiger partial charge on any atom is 0.306 e. The second kappa shape index (κ2) is 63.1. The molecule has 0 aliphatic rings. The molecule has 0 aromatic carbocycles. The largest absolute Gasteiger partial charge is 0.462 e. The van der Waals surface area contributed by atoms with E-state index in [2.05, 4.69) is 154 Å². The van der Waals surface area contributed by atoms with Crippen molar-refractivity contribution >= 4 is 17.9 Å². The van der Waals surface area contributed by atoms with Crippen LogP contribution in [0.1, 0.15) is 271 Å². The zero-order chi connectivity index (χ0) is 55.0. The predicted octanol–water partition coefficient (Wildman–Crippen LogP) is 21.4. The summed E-state index contributed by atoms with van der Waals surface area (Å²) in [5.74, 6) is -0.922. The molecule has 0 spiro atoms. The van der Waals surface area contributed by atoms with E-state index < -0.39 is 6.10 Å². The summed E-state index contributed by atoms with van der Waals surface area (Å²) < 4.78 is 16.8. The highest BCUT2D eigenvalue weighted by Gasteiger charge is 2.19. The van der Waals surface area contributed by atoms with Crippen LogP contribution in [-0.4, -0.2) is 37.2 Å². The fraction of sp³-hybridized carbons (Fsp3) is 0.643. The Morgan fingerprint density at radius 1 is 0.276 bits per heavy atom. The van der Waals surface area contributed by atoms with Crippen LogP contribution in [0.4, 0.5) is 0 Å². The van der Waals surface area contributed by atoms with Crippen LogP contribution in [0.5, 0.6) is 0 Å². The molecule has 0 N–H and O–H groups in total. The summed E-state index contributed by atoms with van der Waals surface area (Å²) in [6.07, 6.45) is 89.1. The lowest BCUT2D eigenvalue weighted by molar-refractivity contribution is -0.167.